The number of unbranched alkanes of at least 4 members (excludes halogenated alkanes) is 1. The Morgan fingerprint density at radius 1 is 1.43 bits per heavy atom. The highest BCUT2D eigenvalue weighted by molar-refractivity contribution is 6.19. The molecule has 1 nitrogen and oxygen atoms in total. The third kappa shape index (κ3) is 7.66. The van der Waals surface area contributed by atoms with E-state index in [0.717, 1.165) is 12.8 Å². The summed E-state index contributed by atoms with van der Waals surface area (Å²) in [6.07, 6.45) is 5.74. The molecule has 0 fully saturated rings. The van der Waals surface area contributed by atoms with Gasteiger partial charge in [-0.25, -0.2) is 0 Å². The van der Waals surface area contributed by atoms with Crippen LogP contribution < -0.4 is 0 Å². The van der Waals surface area contributed by atoms with Gasteiger partial charge in [-0.05, 0) is 33.9 Å². The Hall–Kier alpha value is 0.280. The third-order valence-corrected chi connectivity index (χ3v) is 2.68. The molecule has 0 amide bonds. The minimum absolute atomic E-state index is 0. The lowest BCUT2D eigenvalue weighted by Crippen LogP contribution is -2.25. The quantitative estimate of drug-likeness (QED) is 0.505. The molecule has 0 rings (SSSR count). The van der Waals surface area contributed by atoms with E-state index in [9.17, 15) is 0 Å². The van der Waals surface area contributed by atoms with Crippen molar-refractivity contribution in [3.8, 4) is 0 Å². The van der Waals surface area contributed by atoms with Crippen molar-refractivity contribution >= 4 is 24.0 Å². The lowest BCUT2D eigenvalue weighted by atomic mass is 10.1. The molecule has 3 heteroatoms. The van der Waals surface area contributed by atoms with Gasteiger partial charge in [-0.1, -0.05) is 25.0 Å². The van der Waals surface area contributed by atoms with Crippen molar-refractivity contribution < 1.29 is 0 Å². The lowest BCUT2D eigenvalue weighted by molar-refractivity contribution is 0.312. The van der Waals surface area contributed by atoms with Gasteiger partial charge in [-0.15, -0.1) is 24.0 Å². The summed E-state index contributed by atoms with van der Waals surface area (Å²) in [5.74, 6) is 0.679. The van der Waals surface area contributed by atoms with Crippen LogP contribution in [0, 0.1) is 0 Å². The molecule has 0 N–H and O–H groups in total. The molecule has 1 atom stereocenters. The molecular formula is C11H23Cl2N. The van der Waals surface area contributed by atoms with Crippen LogP contribution in [0.1, 0.15) is 33.1 Å². The number of allylic oxidation sites excluding steroid dienone is 1. The van der Waals surface area contributed by atoms with Crippen LogP contribution >= 0.6 is 24.0 Å². The molecule has 0 saturated carbocycles. The van der Waals surface area contributed by atoms with E-state index in [1.807, 2.05) is 0 Å². The predicted molar refractivity (Wildman–Crippen MR) is 68.7 cm³/mol. The molecule has 14 heavy (non-hydrogen) atoms. The Bertz CT molecular complexity index is 155. The highest BCUT2D eigenvalue weighted by Crippen LogP contribution is 2.12. The van der Waals surface area contributed by atoms with Gasteiger partial charge in [0.1, 0.15) is 0 Å². The van der Waals surface area contributed by atoms with Crippen LogP contribution in [-0.2, 0) is 0 Å². The van der Waals surface area contributed by atoms with Gasteiger partial charge >= 0.3 is 0 Å². The van der Waals surface area contributed by atoms with Gasteiger partial charge in [0.05, 0.1) is 0 Å². The highest BCUT2D eigenvalue weighted by atomic mass is 35.5. The highest BCUT2D eigenvalue weighted by Gasteiger charge is 2.06. The molecule has 0 aliphatic heterocycles. The van der Waals surface area contributed by atoms with Gasteiger partial charge in [0.15, 0.2) is 0 Å². The molecule has 0 saturated heterocycles. The number of nitrogens with zero attached hydrogens (tertiary/aromatic N) is 1. The Kier molecular flexibility index (Phi) is 11.7. The summed E-state index contributed by atoms with van der Waals surface area (Å²) in [5, 5.41) is 0. The maximum absolute atomic E-state index is 5.87. The van der Waals surface area contributed by atoms with E-state index < -0.39 is 0 Å². The van der Waals surface area contributed by atoms with Crippen LogP contribution in [0.2, 0.25) is 0 Å². The summed E-state index contributed by atoms with van der Waals surface area (Å²) < 4.78 is 0. The number of rotatable bonds is 6. The van der Waals surface area contributed by atoms with E-state index in [2.05, 4.69) is 38.9 Å². The summed E-state index contributed by atoms with van der Waals surface area (Å²) in [6.45, 7) is 4.42. The smallest absolute Gasteiger partial charge is 0.0434 e. The SMILES string of the molecule is CCC/C=C(/CCl)CC(C)N(C)C.Cl. The van der Waals surface area contributed by atoms with Gasteiger partial charge in [0, 0.05) is 11.9 Å². The van der Waals surface area contributed by atoms with Crippen LogP contribution in [-0.4, -0.2) is 30.9 Å². The zero-order valence-electron chi connectivity index (χ0n) is 9.72. The maximum Gasteiger partial charge on any atom is 0.0434 e. The second-order valence-electron chi connectivity index (χ2n) is 3.80. The van der Waals surface area contributed by atoms with Crippen LogP contribution in [0.25, 0.3) is 0 Å². The second kappa shape index (κ2) is 9.82. The van der Waals surface area contributed by atoms with E-state index in [1.54, 1.807) is 0 Å². The summed E-state index contributed by atoms with van der Waals surface area (Å²) in [4.78, 5) is 2.23. The molecule has 0 aliphatic rings. The molecule has 0 radical (unpaired) electrons. The molecule has 1 unspecified atom stereocenters. The first kappa shape index (κ1) is 16.7. The Morgan fingerprint density at radius 3 is 2.36 bits per heavy atom. The molecule has 0 aromatic rings. The monoisotopic (exact) mass is 239 g/mol. The molecular weight excluding hydrogens is 217 g/mol. The number of hydrogen-bond acceptors (Lipinski definition) is 1. The molecule has 86 valence electrons. The Morgan fingerprint density at radius 2 is 2.00 bits per heavy atom. The van der Waals surface area contributed by atoms with Crippen LogP contribution in [0.4, 0.5) is 0 Å². The van der Waals surface area contributed by atoms with Gasteiger partial charge in [-0.3, -0.25) is 0 Å². The number of alkyl halides is 1. The lowest BCUT2D eigenvalue weighted by Gasteiger charge is -2.20. The van der Waals surface area contributed by atoms with Crippen molar-refractivity contribution in [1.82, 2.24) is 4.90 Å². The van der Waals surface area contributed by atoms with Crippen LogP contribution in [0.3, 0.4) is 0 Å². The normalized spacial score (nSPS) is 14.0. The Balaban J connectivity index is 0. The number of hydrogen-bond donors (Lipinski definition) is 0. The molecule has 0 aliphatic carbocycles. The fourth-order valence-corrected chi connectivity index (χ4v) is 1.32. The van der Waals surface area contributed by atoms with E-state index in [0.29, 0.717) is 11.9 Å². The minimum Gasteiger partial charge on any atom is -0.306 e. The molecule has 0 heterocycles. The van der Waals surface area contributed by atoms with E-state index in [4.69, 9.17) is 11.6 Å². The largest absolute Gasteiger partial charge is 0.306 e. The van der Waals surface area contributed by atoms with E-state index in [-0.39, 0.29) is 12.4 Å². The summed E-state index contributed by atoms with van der Waals surface area (Å²) in [7, 11) is 4.21. The average Bonchev–Trinajstić information content (AvgIpc) is 2.11. The van der Waals surface area contributed by atoms with Crippen LogP contribution in [0.15, 0.2) is 11.6 Å². The van der Waals surface area contributed by atoms with E-state index in [1.165, 1.54) is 12.0 Å². The summed E-state index contributed by atoms with van der Waals surface area (Å²) in [6, 6.07) is 0.585. The number of halogens is 2. The van der Waals surface area contributed by atoms with Gasteiger partial charge < -0.3 is 4.90 Å². The fourth-order valence-electron chi connectivity index (χ4n) is 1.10. The van der Waals surface area contributed by atoms with Crippen molar-refractivity contribution in [1.29, 1.82) is 0 Å². The first-order valence-electron chi connectivity index (χ1n) is 5.02. The topological polar surface area (TPSA) is 3.24 Å². The molecule has 0 spiro atoms. The van der Waals surface area contributed by atoms with Gasteiger partial charge in [-0.2, -0.15) is 0 Å². The standard InChI is InChI=1S/C11H22ClN.ClH/c1-5-6-7-11(9-12)8-10(2)13(3)4;/h7,10H,5-6,8-9H2,1-4H3;1H/b11-7+;. The minimum atomic E-state index is 0. The zero-order valence-corrected chi connectivity index (χ0v) is 11.3. The summed E-state index contributed by atoms with van der Waals surface area (Å²) in [5.41, 5.74) is 1.38. The molecule has 0 bridgehead atoms. The van der Waals surface area contributed by atoms with Crippen molar-refractivity contribution in [2.24, 2.45) is 0 Å². The van der Waals surface area contributed by atoms with Crippen molar-refractivity contribution in [3.05, 3.63) is 11.6 Å². The second-order valence-corrected chi connectivity index (χ2v) is 4.07. The predicted octanol–water partition coefficient (Wildman–Crippen LogP) is 3.71. The molecule has 0 aromatic heterocycles. The fraction of sp³-hybridized carbons (Fsp3) is 0.818. The van der Waals surface area contributed by atoms with Crippen molar-refractivity contribution in [2.75, 3.05) is 20.0 Å². The van der Waals surface area contributed by atoms with Gasteiger partial charge in [0.25, 0.3) is 0 Å². The van der Waals surface area contributed by atoms with Crippen molar-refractivity contribution in [3.63, 3.8) is 0 Å². The molecule has 0 aromatic carbocycles. The van der Waals surface area contributed by atoms with E-state index >= 15 is 0 Å². The Labute approximate surface area is 99.9 Å². The summed E-state index contributed by atoms with van der Waals surface area (Å²) >= 11 is 5.87. The first-order chi connectivity index (χ1) is 6.11. The van der Waals surface area contributed by atoms with Crippen LogP contribution in [0.5, 0.6) is 0 Å². The first-order valence-corrected chi connectivity index (χ1v) is 5.55. The average molecular weight is 240 g/mol. The van der Waals surface area contributed by atoms with Gasteiger partial charge in [0.2, 0.25) is 0 Å². The zero-order chi connectivity index (χ0) is 10.3. The maximum atomic E-state index is 5.87. The van der Waals surface area contributed by atoms with Crippen molar-refractivity contribution in [2.45, 2.75) is 39.2 Å². The third-order valence-electron chi connectivity index (χ3n) is 2.33.